The Morgan fingerprint density at radius 1 is 1.55 bits per heavy atom. The zero-order valence-corrected chi connectivity index (χ0v) is 6.14. The molecule has 0 heterocycles. The van der Waals surface area contributed by atoms with Gasteiger partial charge in [0, 0.05) is 13.6 Å². The maximum Gasteiger partial charge on any atom is 0.488 e. The van der Waals surface area contributed by atoms with Crippen molar-refractivity contribution in [2.45, 2.75) is 13.2 Å². The van der Waals surface area contributed by atoms with E-state index in [1.165, 1.54) is 6.92 Å². The lowest BCUT2D eigenvalue weighted by atomic mass is 10.6. The van der Waals surface area contributed by atoms with E-state index < -0.39 is 18.9 Å². The van der Waals surface area contributed by atoms with E-state index >= 15 is 0 Å². The average molecular weight is 169 g/mol. The number of carbonyl (C=O) groups is 1. The molecule has 0 saturated heterocycles. The van der Waals surface area contributed by atoms with Crippen molar-refractivity contribution in [3.8, 4) is 0 Å². The second kappa shape index (κ2) is 3.45. The Labute approximate surface area is 62.2 Å². The minimum atomic E-state index is -4.62. The molecule has 0 fully saturated rings. The molecule has 0 aliphatic carbocycles. The van der Waals surface area contributed by atoms with E-state index in [4.69, 9.17) is 0 Å². The Bertz CT molecular complexity index is 145. The largest absolute Gasteiger partial charge is 0.488 e. The smallest absolute Gasteiger partial charge is 0.246 e. The summed E-state index contributed by atoms with van der Waals surface area (Å²) in [5.74, 6) is 0. The number of alkyl halides is 3. The lowest BCUT2D eigenvalue weighted by Crippen LogP contribution is -2.44. The standard InChI is InChI=1S/C5H8F3N2O/c1-3-10(4(11)9-2)5(6,7)8/h3H2,1-2H3. The molecule has 0 saturated carbocycles. The van der Waals surface area contributed by atoms with E-state index in [1.807, 2.05) is 0 Å². The van der Waals surface area contributed by atoms with Gasteiger partial charge in [0.2, 0.25) is 0 Å². The van der Waals surface area contributed by atoms with Crippen LogP contribution in [0.5, 0.6) is 0 Å². The third-order valence-electron chi connectivity index (χ3n) is 1.04. The van der Waals surface area contributed by atoms with Crippen molar-refractivity contribution in [3.05, 3.63) is 0 Å². The van der Waals surface area contributed by atoms with Crippen molar-refractivity contribution >= 4 is 6.03 Å². The number of urea groups is 1. The van der Waals surface area contributed by atoms with E-state index in [2.05, 4.69) is 5.32 Å². The average Bonchev–Trinajstić information content (AvgIpc) is 1.86. The fourth-order valence-corrected chi connectivity index (χ4v) is 0.544. The number of amides is 2. The summed E-state index contributed by atoms with van der Waals surface area (Å²) >= 11 is 0. The highest BCUT2D eigenvalue weighted by molar-refractivity contribution is 5.73. The summed E-state index contributed by atoms with van der Waals surface area (Å²) in [6.45, 7) is 0.816. The minimum Gasteiger partial charge on any atom is -0.246 e. The van der Waals surface area contributed by atoms with E-state index in [1.54, 1.807) is 0 Å². The van der Waals surface area contributed by atoms with Gasteiger partial charge in [-0.3, -0.25) is 0 Å². The molecule has 0 bridgehead atoms. The summed E-state index contributed by atoms with van der Waals surface area (Å²) in [7, 11) is 1.02. The van der Waals surface area contributed by atoms with Gasteiger partial charge >= 0.3 is 12.3 Å². The molecular formula is C5H8F3N2O. The summed E-state index contributed by atoms with van der Waals surface area (Å²) in [6, 6.07) is -1.26. The highest BCUT2D eigenvalue weighted by Crippen LogP contribution is 2.20. The molecule has 1 radical (unpaired) electrons. The molecule has 6 heteroatoms. The fourth-order valence-electron chi connectivity index (χ4n) is 0.544. The highest BCUT2D eigenvalue weighted by Gasteiger charge is 2.39. The van der Waals surface area contributed by atoms with Gasteiger partial charge in [0.1, 0.15) is 0 Å². The summed E-state index contributed by atoms with van der Waals surface area (Å²) in [5, 5.41) is 2.89. The molecule has 3 nitrogen and oxygen atoms in total. The van der Waals surface area contributed by atoms with Crippen LogP contribution in [0, 0.1) is 0 Å². The van der Waals surface area contributed by atoms with Gasteiger partial charge in [-0.05, 0) is 6.92 Å². The second-order valence-corrected chi connectivity index (χ2v) is 1.72. The maximum absolute atomic E-state index is 11.8. The second-order valence-electron chi connectivity index (χ2n) is 1.72. The van der Waals surface area contributed by atoms with Gasteiger partial charge < -0.3 is 0 Å². The van der Waals surface area contributed by atoms with E-state index in [0.717, 1.165) is 7.05 Å². The Balaban J connectivity index is 4.29. The van der Waals surface area contributed by atoms with Crippen molar-refractivity contribution in [2.75, 3.05) is 13.6 Å². The van der Waals surface area contributed by atoms with Crippen LogP contribution in [-0.2, 0) is 0 Å². The molecule has 65 valence electrons. The minimum absolute atomic E-state index is 0.271. The van der Waals surface area contributed by atoms with Gasteiger partial charge in [0.25, 0.3) is 0 Å². The van der Waals surface area contributed by atoms with Gasteiger partial charge in [0.15, 0.2) is 0 Å². The molecule has 0 spiro atoms. The molecule has 0 rings (SSSR count). The van der Waals surface area contributed by atoms with Crippen LogP contribution in [-0.4, -0.2) is 30.8 Å². The number of rotatable bonds is 1. The van der Waals surface area contributed by atoms with Gasteiger partial charge in [0.05, 0.1) is 0 Å². The molecule has 0 aliphatic heterocycles. The maximum atomic E-state index is 11.8. The first kappa shape index (κ1) is 10.1. The number of nitrogens with zero attached hydrogens (tertiary/aromatic N) is 2. The van der Waals surface area contributed by atoms with Crippen LogP contribution in [0.4, 0.5) is 18.0 Å². The first-order valence-electron chi connectivity index (χ1n) is 2.91. The third-order valence-corrected chi connectivity index (χ3v) is 1.04. The Kier molecular flexibility index (Phi) is 3.16. The van der Waals surface area contributed by atoms with Crippen LogP contribution in [0.1, 0.15) is 6.92 Å². The number of hydrogen-bond donors (Lipinski definition) is 0. The summed E-state index contributed by atoms with van der Waals surface area (Å²) in [5.41, 5.74) is 0. The van der Waals surface area contributed by atoms with Crippen LogP contribution in [0.15, 0.2) is 0 Å². The molecular weight excluding hydrogens is 161 g/mol. The highest BCUT2D eigenvalue weighted by atomic mass is 19.4. The van der Waals surface area contributed by atoms with Gasteiger partial charge in [-0.25, -0.2) is 15.0 Å². The van der Waals surface area contributed by atoms with Crippen LogP contribution < -0.4 is 5.32 Å². The molecule has 0 aromatic rings. The number of hydrogen-bond acceptors (Lipinski definition) is 1. The fraction of sp³-hybridized carbons (Fsp3) is 0.800. The van der Waals surface area contributed by atoms with Crippen molar-refractivity contribution in [3.63, 3.8) is 0 Å². The molecule has 0 atom stereocenters. The van der Waals surface area contributed by atoms with Crippen molar-refractivity contribution in [1.82, 2.24) is 10.2 Å². The molecule has 2 amide bonds. The SMILES string of the molecule is CCN(C(=O)[N]C)C(F)(F)F. The van der Waals surface area contributed by atoms with E-state index in [-0.39, 0.29) is 4.90 Å². The number of halogens is 3. The van der Waals surface area contributed by atoms with Crippen LogP contribution >= 0.6 is 0 Å². The summed E-state index contributed by atoms with van der Waals surface area (Å²) in [4.78, 5) is 10.2. The quantitative estimate of drug-likeness (QED) is 0.543. The predicted octanol–water partition coefficient (Wildman–Crippen LogP) is 1.18. The van der Waals surface area contributed by atoms with Crippen molar-refractivity contribution < 1.29 is 18.0 Å². The zero-order valence-electron chi connectivity index (χ0n) is 6.14. The van der Waals surface area contributed by atoms with Crippen molar-refractivity contribution in [2.24, 2.45) is 0 Å². The first-order valence-corrected chi connectivity index (χ1v) is 2.91. The number of carbonyl (C=O) groups excluding carboxylic acids is 1. The van der Waals surface area contributed by atoms with Gasteiger partial charge in [-0.1, -0.05) is 0 Å². The van der Waals surface area contributed by atoms with Crippen LogP contribution in [0.2, 0.25) is 0 Å². The Morgan fingerprint density at radius 3 is 2.09 bits per heavy atom. The van der Waals surface area contributed by atoms with E-state index in [0.29, 0.717) is 0 Å². The van der Waals surface area contributed by atoms with Crippen LogP contribution in [0.25, 0.3) is 0 Å². The Hall–Kier alpha value is -0.940. The van der Waals surface area contributed by atoms with Crippen LogP contribution in [0.3, 0.4) is 0 Å². The normalized spacial score (nSPS) is 11.0. The summed E-state index contributed by atoms with van der Waals surface area (Å²) < 4.78 is 35.4. The van der Waals surface area contributed by atoms with Gasteiger partial charge in [-0.2, -0.15) is 0 Å². The third kappa shape index (κ3) is 2.65. The molecule has 0 aliphatic rings. The molecule has 0 aromatic carbocycles. The van der Waals surface area contributed by atoms with Crippen molar-refractivity contribution in [1.29, 1.82) is 0 Å². The lowest BCUT2D eigenvalue weighted by molar-refractivity contribution is -0.222. The first-order chi connectivity index (χ1) is 4.93. The molecule has 11 heavy (non-hydrogen) atoms. The van der Waals surface area contributed by atoms with Gasteiger partial charge in [-0.15, -0.1) is 13.2 Å². The molecule has 0 N–H and O–H groups in total. The molecule has 0 aromatic heterocycles. The Morgan fingerprint density at radius 2 is 2.00 bits per heavy atom. The topological polar surface area (TPSA) is 34.4 Å². The summed E-state index contributed by atoms with van der Waals surface area (Å²) in [6.07, 6.45) is -4.62. The predicted molar refractivity (Wildman–Crippen MR) is 31.9 cm³/mol. The van der Waals surface area contributed by atoms with E-state index in [9.17, 15) is 18.0 Å². The molecule has 0 unspecified atom stereocenters. The monoisotopic (exact) mass is 169 g/mol. The zero-order chi connectivity index (χ0) is 9.07. The lowest BCUT2D eigenvalue weighted by Gasteiger charge is -2.21.